The van der Waals surface area contributed by atoms with Gasteiger partial charge >= 0.3 is 0 Å². The second-order valence-corrected chi connectivity index (χ2v) is 3.97. The number of hydrogen-bond donors (Lipinski definition) is 0. The van der Waals surface area contributed by atoms with E-state index in [9.17, 15) is 0 Å². The molecule has 0 amide bonds. The molecular weight excluding hydrogens is 150 g/mol. The van der Waals surface area contributed by atoms with E-state index in [1.165, 1.54) is 0 Å². The summed E-state index contributed by atoms with van der Waals surface area (Å²) in [6.07, 6.45) is 1.01. The van der Waals surface area contributed by atoms with Gasteiger partial charge in [0.15, 0.2) is 0 Å². The fourth-order valence-electron chi connectivity index (χ4n) is 1.11. The number of rotatable bonds is 3. The molecule has 0 atom stereocenters. The zero-order chi connectivity index (χ0) is 9.14. The molecule has 0 aromatic carbocycles. The fourth-order valence-corrected chi connectivity index (χ4v) is 1.11. The molecule has 1 rings (SSSR count). The lowest BCUT2D eigenvalue weighted by atomic mass is 10.1. The van der Waals surface area contributed by atoms with Crippen molar-refractivity contribution >= 4 is 0 Å². The smallest absolute Gasteiger partial charge is 0.139 e. The van der Waals surface area contributed by atoms with Gasteiger partial charge in [0, 0.05) is 12.0 Å². The largest absolute Gasteiger partial charge is 0.361 e. The van der Waals surface area contributed by atoms with Crippen molar-refractivity contribution < 1.29 is 4.52 Å². The molecule has 2 heteroatoms. The highest BCUT2D eigenvalue weighted by molar-refractivity contribution is 5.08. The van der Waals surface area contributed by atoms with Crippen LogP contribution >= 0.6 is 0 Å². The number of nitrogens with zero attached hydrogens (tertiary/aromatic N) is 1. The van der Waals surface area contributed by atoms with Crippen molar-refractivity contribution in [2.24, 2.45) is 5.92 Å². The summed E-state index contributed by atoms with van der Waals surface area (Å²) >= 11 is 0. The first-order chi connectivity index (χ1) is 5.59. The van der Waals surface area contributed by atoms with Crippen molar-refractivity contribution in [1.29, 1.82) is 0 Å². The molecule has 0 saturated heterocycles. The van der Waals surface area contributed by atoms with Crippen molar-refractivity contribution in [2.75, 3.05) is 0 Å². The van der Waals surface area contributed by atoms with Gasteiger partial charge in [-0.3, -0.25) is 0 Å². The highest BCUT2D eigenvalue weighted by Gasteiger charge is 2.08. The van der Waals surface area contributed by atoms with Gasteiger partial charge in [-0.25, -0.2) is 0 Å². The van der Waals surface area contributed by atoms with Crippen LogP contribution in [-0.2, 0) is 6.42 Å². The van der Waals surface area contributed by atoms with Crippen LogP contribution in [0.5, 0.6) is 0 Å². The predicted molar refractivity (Wildman–Crippen MR) is 49.1 cm³/mol. The summed E-state index contributed by atoms with van der Waals surface area (Å²) in [5.74, 6) is 2.08. The van der Waals surface area contributed by atoms with Gasteiger partial charge in [0.1, 0.15) is 5.76 Å². The second kappa shape index (κ2) is 3.74. The third kappa shape index (κ3) is 2.36. The van der Waals surface area contributed by atoms with E-state index in [0.717, 1.165) is 17.9 Å². The van der Waals surface area contributed by atoms with E-state index in [1.807, 2.05) is 0 Å². The third-order valence-electron chi connectivity index (χ3n) is 1.76. The summed E-state index contributed by atoms with van der Waals surface area (Å²) in [5, 5.41) is 4.00. The molecule has 0 bridgehead atoms. The van der Waals surface area contributed by atoms with Gasteiger partial charge in [0.2, 0.25) is 0 Å². The maximum absolute atomic E-state index is 5.18. The summed E-state index contributed by atoms with van der Waals surface area (Å²) in [6.45, 7) is 8.59. The Kier molecular flexibility index (Phi) is 2.90. The Balaban J connectivity index is 2.64. The topological polar surface area (TPSA) is 26.0 Å². The molecule has 2 nitrogen and oxygen atoms in total. The molecule has 0 N–H and O–H groups in total. The summed E-state index contributed by atoms with van der Waals surface area (Å²) in [5.41, 5.74) is 1.08. The van der Waals surface area contributed by atoms with Gasteiger partial charge < -0.3 is 4.52 Å². The normalized spacial score (nSPS) is 11.5. The van der Waals surface area contributed by atoms with Gasteiger partial charge in [-0.15, -0.1) is 0 Å². The minimum Gasteiger partial charge on any atom is -0.361 e. The first-order valence-corrected chi connectivity index (χ1v) is 4.55. The van der Waals surface area contributed by atoms with Crippen LogP contribution in [0.3, 0.4) is 0 Å². The van der Waals surface area contributed by atoms with E-state index >= 15 is 0 Å². The molecular formula is C10H17NO. The van der Waals surface area contributed by atoms with Crippen molar-refractivity contribution in [3.63, 3.8) is 0 Å². The van der Waals surface area contributed by atoms with E-state index in [1.54, 1.807) is 0 Å². The van der Waals surface area contributed by atoms with E-state index in [4.69, 9.17) is 4.52 Å². The first-order valence-electron chi connectivity index (χ1n) is 4.55. The lowest BCUT2D eigenvalue weighted by molar-refractivity contribution is 0.363. The third-order valence-corrected chi connectivity index (χ3v) is 1.76. The van der Waals surface area contributed by atoms with Crippen LogP contribution < -0.4 is 0 Å². The van der Waals surface area contributed by atoms with Crippen molar-refractivity contribution in [3.05, 3.63) is 17.5 Å². The number of hydrogen-bond acceptors (Lipinski definition) is 2. The van der Waals surface area contributed by atoms with Crippen LogP contribution in [-0.4, -0.2) is 5.16 Å². The van der Waals surface area contributed by atoms with Gasteiger partial charge in [0.25, 0.3) is 0 Å². The second-order valence-electron chi connectivity index (χ2n) is 3.97. The van der Waals surface area contributed by atoms with Crippen molar-refractivity contribution in [3.8, 4) is 0 Å². The van der Waals surface area contributed by atoms with Crippen LogP contribution in [0.25, 0.3) is 0 Å². The quantitative estimate of drug-likeness (QED) is 0.691. The Morgan fingerprint density at radius 1 is 1.33 bits per heavy atom. The maximum atomic E-state index is 5.18. The van der Waals surface area contributed by atoms with Crippen LogP contribution in [0.2, 0.25) is 0 Å². The molecule has 1 heterocycles. The van der Waals surface area contributed by atoms with Crippen LogP contribution in [0.4, 0.5) is 0 Å². The average Bonchev–Trinajstić information content (AvgIpc) is 2.34. The molecule has 0 aliphatic heterocycles. The van der Waals surface area contributed by atoms with Crippen LogP contribution in [0.1, 0.15) is 45.1 Å². The number of aromatic nitrogens is 1. The Morgan fingerprint density at radius 2 is 2.00 bits per heavy atom. The highest BCUT2D eigenvalue weighted by Crippen LogP contribution is 2.16. The Bertz CT molecular complexity index is 238. The molecule has 0 unspecified atom stereocenters. The average molecular weight is 167 g/mol. The van der Waals surface area contributed by atoms with Gasteiger partial charge in [-0.05, 0) is 12.3 Å². The molecule has 1 aromatic rings. The van der Waals surface area contributed by atoms with Crippen molar-refractivity contribution in [1.82, 2.24) is 5.16 Å². The summed E-state index contributed by atoms with van der Waals surface area (Å²) in [6, 6.07) is 2.06. The molecule has 0 aliphatic carbocycles. The van der Waals surface area contributed by atoms with E-state index in [2.05, 4.69) is 38.9 Å². The van der Waals surface area contributed by atoms with Gasteiger partial charge in [-0.2, -0.15) is 0 Å². The molecule has 1 aromatic heterocycles. The highest BCUT2D eigenvalue weighted by atomic mass is 16.5. The van der Waals surface area contributed by atoms with E-state index < -0.39 is 0 Å². The van der Waals surface area contributed by atoms with E-state index in [-0.39, 0.29) is 0 Å². The predicted octanol–water partition coefficient (Wildman–Crippen LogP) is 3.00. The van der Waals surface area contributed by atoms with Crippen molar-refractivity contribution in [2.45, 2.75) is 40.0 Å². The fraction of sp³-hybridized carbons (Fsp3) is 0.700. The zero-order valence-electron chi connectivity index (χ0n) is 8.29. The Labute approximate surface area is 74.0 Å². The summed E-state index contributed by atoms with van der Waals surface area (Å²) < 4.78 is 5.18. The molecule has 0 radical (unpaired) electrons. The minimum atomic E-state index is 0.443. The monoisotopic (exact) mass is 167 g/mol. The minimum absolute atomic E-state index is 0.443. The first kappa shape index (κ1) is 9.30. The van der Waals surface area contributed by atoms with Crippen LogP contribution in [0.15, 0.2) is 10.6 Å². The molecule has 0 fully saturated rings. The SMILES string of the molecule is CC(C)Cc1cc(C(C)C)on1. The standard InChI is InChI=1S/C10H17NO/c1-7(2)5-9-6-10(8(3)4)12-11-9/h6-8H,5H2,1-4H3. The molecule has 12 heavy (non-hydrogen) atoms. The molecule has 0 saturated carbocycles. The lowest BCUT2D eigenvalue weighted by Gasteiger charge is -1.97. The van der Waals surface area contributed by atoms with E-state index in [0.29, 0.717) is 11.8 Å². The zero-order valence-corrected chi connectivity index (χ0v) is 8.29. The van der Waals surface area contributed by atoms with Gasteiger partial charge in [-0.1, -0.05) is 32.9 Å². The Morgan fingerprint density at radius 3 is 2.42 bits per heavy atom. The van der Waals surface area contributed by atoms with Crippen LogP contribution in [0, 0.1) is 5.92 Å². The molecule has 0 spiro atoms. The molecule has 0 aliphatic rings. The molecule has 68 valence electrons. The maximum Gasteiger partial charge on any atom is 0.139 e. The Hall–Kier alpha value is -0.790. The van der Waals surface area contributed by atoms with Gasteiger partial charge in [0.05, 0.1) is 5.69 Å². The summed E-state index contributed by atoms with van der Waals surface area (Å²) in [4.78, 5) is 0. The lowest BCUT2D eigenvalue weighted by Crippen LogP contribution is -1.93. The summed E-state index contributed by atoms with van der Waals surface area (Å²) in [7, 11) is 0.